The number of amides is 1. The number of carbonyl (C=O) groups excluding carboxylic acids is 1. The van der Waals surface area contributed by atoms with Crippen LogP contribution < -0.4 is 5.32 Å². The molecule has 0 radical (unpaired) electrons. The van der Waals surface area contributed by atoms with E-state index in [1.54, 1.807) is 13.0 Å². The van der Waals surface area contributed by atoms with Crippen LogP contribution >= 0.6 is 11.6 Å². The predicted octanol–water partition coefficient (Wildman–Crippen LogP) is 3.02. The quantitative estimate of drug-likeness (QED) is 0.805. The molecule has 0 saturated carbocycles. The maximum absolute atomic E-state index is 12.2. The minimum Gasteiger partial charge on any atom is -0.393 e. The molecule has 1 aromatic carbocycles. The molecule has 0 bridgehead atoms. The maximum Gasteiger partial charge on any atom is 0.251 e. The largest absolute Gasteiger partial charge is 0.393 e. The molecule has 2 rings (SSSR count). The number of hydrogen-bond acceptors (Lipinski definition) is 3. The van der Waals surface area contributed by atoms with E-state index in [0.717, 1.165) is 5.56 Å². The normalized spacial score (nSPS) is 13.4. The number of aromatic nitrogens is 1. The first-order chi connectivity index (χ1) is 10.6. The summed E-state index contributed by atoms with van der Waals surface area (Å²) in [5.74, 6) is -0.140. The Morgan fingerprint density at radius 3 is 2.68 bits per heavy atom. The van der Waals surface area contributed by atoms with Crippen LogP contribution in [0.2, 0.25) is 5.15 Å². The van der Waals surface area contributed by atoms with Gasteiger partial charge in [-0.2, -0.15) is 0 Å². The van der Waals surface area contributed by atoms with E-state index in [9.17, 15) is 9.90 Å². The van der Waals surface area contributed by atoms with Crippen LogP contribution in [0.5, 0.6) is 0 Å². The molecule has 5 heteroatoms. The second-order valence-corrected chi connectivity index (χ2v) is 5.66. The van der Waals surface area contributed by atoms with Gasteiger partial charge in [-0.1, -0.05) is 41.9 Å². The smallest absolute Gasteiger partial charge is 0.251 e. The number of benzene rings is 1. The van der Waals surface area contributed by atoms with Gasteiger partial charge < -0.3 is 10.4 Å². The van der Waals surface area contributed by atoms with Gasteiger partial charge in [0.1, 0.15) is 5.15 Å². The summed E-state index contributed by atoms with van der Waals surface area (Å²) in [5, 5.41) is 12.8. The Morgan fingerprint density at radius 1 is 1.32 bits per heavy atom. The molecule has 0 aliphatic heterocycles. The van der Waals surface area contributed by atoms with Crippen molar-refractivity contribution in [1.82, 2.24) is 10.3 Å². The van der Waals surface area contributed by atoms with Crippen LogP contribution in [0.15, 0.2) is 48.7 Å². The zero-order valence-corrected chi connectivity index (χ0v) is 13.1. The van der Waals surface area contributed by atoms with E-state index in [2.05, 4.69) is 10.3 Å². The van der Waals surface area contributed by atoms with E-state index >= 15 is 0 Å². The van der Waals surface area contributed by atoms with Gasteiger partial charge in [0.2, 0.25) is 0 Å². The fraction of sp³-hybridized carbons (Fsp3) is 0.294. The summed E-state index contributed by atoms with van der Waals surface area (Å²) in [6.45, 7) is 2.20. The number of halogens is 1. The summed E-state index contributed by atoms with van der Waals surface area (Å²) in [6.07, 6.45) is 1.65. The first-order valence-electron chi connectivity index (χ1n) is 7.19. The van der Waals surface area contributed by atoms with Crippen molar-refractivity contribution in [2.45, 2.75) is 25.4 Å². The molecule has 116 valence electrons. The minimum atomic E-state index is -0.433. The highest BCUT2D eigenvalue weighted by Gasteiger charge is 2.16. The SMILES string of the molecule is CC(O)CC(CNC(=O)c1ccnc(Cl)c1)c1ccccc1. The second-order valence-electron chi connectivity index (χ2n) is 5.27. The van der Waals surface area contributed by atoms with Gasteiger partial charge in [0, 0.05) is 24.2 Å². The molecular formula is C17H19ClN2O2. The summed E-state index contributed by atoms with van der Waals surface area (Å²) in [6, 6.07) is 13.0. The van der Waals surface area contributed by atoms with Crippen LogP contribution in [0, 0.1) is 0 Å². The summed E-state index contributed by atoms with van der Waals surface area (Å²) in [4.78, 5) is 16.0. The van der Waals surface area contributed by atoms with Crippen molar-refractivity contribution in [3.05, 3.63) is 64.9 Å². The lowest BCUT2D eigenvalue weighted by Gasteiger charge is -2.19. The average molecular weight is 319 g/mol. The summed E-state index contributed by atoms with van der Waals surface area (Å²) < 4.78 is 0. The lowest BCUT2D eigenvalue weighted by Crippen LogP contribution is -2.29. The zero-order valence-electron chi connectivity index (χ0n) is 12.4. The molecule has 0 aliphatic rings. The molecule has 2 unspecified atom stereocenters. The molecule has 2 aromatic rings. The third-order valence-electron chi connectivity index (χ3n) is 3.39. The first kappa shape index (κ1) is 16.5. The van der Waals surface area contributed by atoms with Crippen molar-refractivity contribution >= 4 is 17.5 Å². The van der Waals surface area contributed by atoms with Crippen molar-refractivity contribution in [1.29, 1.82) is 0 Å². The minimum absolute atomic E-state index is 0.0578. The Balaban J connectivity index is 2.03. The van der Waals surface area contributed by atoms with Gasteiger partial charge in [-0.05, 0) is 31.0 Å². The fourth-order valence-corrected chi connectivity index (χ4v) is 2.51. The molecule has 1 aromatic heterocycles. The predicted molar refractivity (Wildman–Crippen MR) is 87.1 cm³/mol. The van der Waals surface area contributed by atoms with Gasteiger partial charge in [0.25, 0.3) is 5.91 Å². The monoisotopic (exact) mass is 318 g/mol. The summed E-state index contributed by atoms with van der Waals surface area (Å²) >= 11 is 5.79. The van der Waals surface area contributed by atoms with Crippen LogP contribution in [0.3, 0.4) is 0 Å². The molecular weight excluding hydrogens is 300 g/mol. The Labute approximate surface area is 135 Å². The molecule has 2 N–H and O–H groups in total. The van der Waals surface area contributed by atoms with Crippen LogP contribution in [-0.2, 0) is 0 Å². The van der Waals surface area contributed by atoms with Crippen LogP contribution in [0.25, 0.3) is 0 Å². The topological polar surface area (TPSA) is 62.2 Å². The first-order valence-corrected chi connectivity index (χ1v) is 7.57. The lowest BCUT2D eigenvalue weighted by molar-refractivity contribution is 0.0945. The highest BCUT2D eigenvalue weighted by molar-refractivity contribution is 6.29. The number of aliphatic hydroxyl groups excluding tert-OH is 1. The van der Waals surface area contributed by atoms with Gasteiger partial charge in [-0.25, -0.2) is 4.98 Å². The van der Waals surface area contributed by atoms with Crippen molar-refractivity contribution in [3.63, 3.8) is 0 Å². The van der Waals surface area contributed by atoms with Gasteiger partial charge in [-0.15, -0.1) is 0 Å². The number of hydrogen-bond donors (Lipinski definition) is 2. The van der Waals surface area contributed by atoms with E-state index < -0.39 is 6.10 Å². The van der Waals surface area contributed by atoms with Crippen molar-refractivity contribution < 1.29 is 9.90 Å². The highest BCUT2D eigenvalue weighted by atomic mass is 35.5. The van der Waals surface area contributed by atoms with E-state index in [4.69, 9.17) is 11.6 Å². The van der Waals surface area contributed by atoms with Crippen molar-refractivity contribution in [3.8, 4) is 0 Å². The number of nitrogens with zero attached hydrogens (tertiary/aromatic N) is 1. The average Bonchev–Trinajstić information content (AvgIpc) is 2.51. The van der Waals surface area contributed by atoms with Gasteiger partial charge in [-0.3, -0.25) is 4.79 Å². The molecule has 22 heavy (non-hydrogen) atoms. The third kappa shape index (κ3) is 4.83. The zero-order chi connectivity index (χ0) is 15.9. The van der Waals surface area contributed by atoms with E-state index in [1.165, 1.54) is 12.3 Å². The van der Waals surface area contributed by atoms with Crippen molar-refractivity contribution in [2.75, 3.05) is 6.54 Å². The molecule has 1 amide bonds. The Bertz CT molecular complexity index is 617. The fourth-order valence-electron chi connectivity index (χ4n) is 2.34. The molecule has 2 atom stereocenters. The molecule has 0 saturated heterocycles. The molecule has 1 heterocycles. The highest BCUT2D eigenvalue weighted by Crippen LogP contribution is 2.20. The van der Waals surface area contributed by atoms with Crippen LogP contribution in [0.1, 0.15) is 35.2 Å². The standard InChI is InChI=1S/C17H19ClN2O2/c1-12(21)9-15(13-5-3-2-4-6-13)11-20-17(22)14-7-8-19-16(18)10-14/h2-8,10,12,15,21H,9,11H2,1H3,(H,20,22). The van der Waals surface area contributed by atoms with Crippen molar-refractivity contribution in [2.24, 2.45) is 0 Å². The molecule has 0 aliphatic carbocycles. The number of rotatable bonds is 6. The Morgan fingerprint density at radius 2 is 2.05 bits per heavy atom. The van der Waals surface area contributed by atoms with E-state index in [1.807, 2.05) is 30.3 Å². The Hall–Kier alpha value is -1.91. The molecule has 0 spiro atoms. The number of aliphatic hydroxyl groups is 1. The number of pyridine rings is 1. The Kier molecular flexibility index (Phi) is 5.92. The third-order valence-corrected chi connectivity index (χ3v) is 3.60. The van der Waals surface area contributed by atoms with Gasteiger partial charge in [0.15, 0.2) is 0 Å². The number of carbonyl (C=O) groups is 1. The molecule has 0 fully saturated rings. The molecule has 4 nitrogen and oxygen atoms in total. The van der Waals surface area contributed by atoms with Gasteiger partial charge >= 0.3 is 0 Å². The summed E-state index contributed by atoms with van der Waals surface area (Å²) in [5.41, 5.74) is 1.57. The van der Waals surface area contributed by atoms with E-state index in [-0.39, 0.29) is 17.0 Å². The lowest BCUT2D eigenvalue weighted by atomic mass is 9.93. The van der Waals surface area contributed by atoms with Crippen LogP contribution in [-0.4, -0.2) is 28.6 Å². The number of nitrogens with one attached hydrogen (secondary N) is 1. The van der Waals surface area contributed by atoms with Crippen LogP contribution in [0.4, 0.5) is 0 Å². The van der Waals surface area contributed by atoms with E-state index in [0.29, 0.717) is 18.5 Å². The van der Waals surface area contributed by atoms with Gasteiger partial charge in [0.05, 0.1) is 6.10 Å². The summed E-state index contributed by atoms with van der Waals surface area (Å²) in [7, 11) is 0. The maximum atomic E-state index is 12.2. The second kappa shape index (κ2) is 7.92.